The SMILES string of the molecule is CNC(c1cscc1Br)c1ccnc2ccccc12. The van der Waals surface area contributed by atoms with Gasteiger partial charge in [0.05, 0.1) is 11.6 Å². The molecule has 1 aromatic carbocycles. The molecule has 0 aliphatic heterocycles. The number of benzene rings is 1. The first kappa shape index (κ1) is 12.8. The number of hydrogen-bond acceptors (Lipinski definition) is 3. The van der Waals surface area contributed by atoms with Crippen LogP contribution in [0.15, 0.2) is 51.8 Å². The Morgan fingerprint density at radius 2 is 2.00 bits per heavy atom. The first-order valence-corrected chi connectivity index (χ1v) is 7.77. The van der Waals surface area contributed by atoms with Crippen molar-refractivity contribution in [3.8, 4) is 0 Å². The van der Waals surface area contributed by atoms with E-state index in [9.17, 15) is 0 Å². The first-order chi connectivity index (χ1) is 9.31. The molecule has 96 valence electrons. The van der Waals surface area contributed by atoms with Gasteiger partial charge >= 0.3 is 0 Å². The van der Waals surface area contributed by atoms with Gasteiger partial charge in [-0.2, -0.15) is 11.3 Å². The van der Waals surface area contributed by atoms with Crippen molar-refractivity contribution in [3.05, 3.63) is 62.9 Å². The van der Waals surface area contributed by atoms with Crippen molar-refractivity contribution in [1.82, 2.24) is 10.3 Å². The van der Waals surface area contributed by atoms with Gasteiger partial charge in [-0.1, -0.05) is 18.2 Å². The van der Waals surface area contributed by atoms with Gasteiger partial charge in [0.1, 0.15) is 0 Å². The molecule has 0 amide bonds. The van der Waals surface area contributed by atoms with Crippen LogP contribution in [-0.2, 0) is 0 Å². The summed E-state index contributed by atoms with van der Waals surface area (Å²) in [5.41, 5.74) is 3.56. The Morgan fingerprint density at radius 3 is 2.74 bits per heavy atom. The molecule has 1 unspecified atom stereocenters. The summed E-state index contributed by atoms with van der Waals surface area (Å²) in [6.45, 7) is 0. The molecule has 1 N–H and O–H groups in total. The second-order valence-electron chi connectivity index (χ2n) is 4.31. The summed E-state index contributed by atoms with van der Waals surface area (Å²) in [4.78, 5) is 4.43. The lowest BCUT2D eigenvalue weighted by molar-refractivity contribution is 0.696. The van der Waals surface area contributed by atoms with Gasteiger partial charge in [-0.3, -0.25) is 4.98 Å². The van der Waals surface area contributed by atoms with Gasteiger partial charge in [0.25, 0.3) is 0 Å². The Kier molecular flexibility index (Phi) is 3.64. The van der Waals surface area contributed by atoms with Crippen molar-refractivity contribution in [3.63, 3.8) is 0 Å². The summed E-state index contributed by atoms with van der Waals surface area (Å²) in [6.07, 6.45) is 1.88. The number of para-hydroxylation sites is 1. The number of pyridine rings is 1. The molecule has 2 nitrogen and oxygen atoms in total. The number of nitrogens with one attached hydrogen (secondary N) is 1. The maximum Gasteiger partial charge on any atom is 0.0705 e. The standard InChI is InChI=1S/C15H13BrN2S/c1-17-15(12-8-19-9-13(12)16)11-6-7-18-14-5-3-2-4-10(11)14/h2-9,15,17H,1H3. The number of rotatable bonds is 3. The predicted molar refractivity (Wildman–Crippen MR) is 84.7 cm³/mol. The zero-order chi connectivity index (χ0) is 13.2. The van der Waals surface area contributed by atoms with E-state index in [0.29, 0.717) is 0 Å². The Balaban J connectivity index is 2.20. The fraction of sp³-hybridized carbons (Fsp3) is 0.133. The van der Waals surface area contributed by atoms with Gasteiger partial charge in [0, 0.05) is 21.4 Å². The molecule has 0 saturated heterocycles. The molecule has 0 bridgehead atoms. The Labute approximate surface area is 124 Å². The van der Waals surface area contributed by atoms with Gasteiger partial charge in [-0.05, 0) is 51.6 Å². The van der Waals surface area contributed by atoms with Crippen LogP contribution in [0.3, 0.4) is 0 Å². The second-order valence-corrected chi connectivity index (χ2v) is 5.91. The van der Waals surface area contributed by atoms with Crippen molar-refractivity contribution in [2.24, 2.45) is 0 Å². The third-order valence-corrected chi connectivity index (χ3v) is 4.99. The van der Waals surface area contributed by atoms with Crippen molar-refractivity contribution in [1.29, 1.82) is 0 Å². The van der Waals surface area contributed by atoms with E-state index in [-0.39, 0.29) is 6.04 Å². The molecule has 0 saturated carbocycles. The Hall–Kier alpha value is -1.23. The molecular weight excluding hydrogens is 320 g/mol. The minimum atomic E-state index is 0.175. The van der Waals surface area contributed by atoms with Gasteiger partial charge in [0.2, 0.25) is 0 Å². The summed E-state index contributed by atoms with van der Waals surface area (Å²) in [7, 11) is 1.99. The van der Waals surface area contributed by atoms with Crippen molar-refractivity contribution < 1.29 is 0 Å². The lowest BCUT2D eigenvalue weighted by atomic mass is 9.98. The van der Waals surface area contributed by atoms with Crippen molar-refractivity contribution in [2.45, 2.75) is 6.04 Å². The van der Waals surface area contributed by atoms with Crippen LogP contribution in [0.4, 0.5) is 0 Å². The number of hydrogen-bond donors (Lipinski definition) is 1. The van der Waals surface area contributed by atoms with Crippen LogP contribution in [0.5, 0.6) is 0 Å². The quantitative estimate of drug-likeness (QED) is 0.770. The molecule has 3 rings (SSSR count). The van der Waals surface area contributed by atoms with E-state index >= 15 is 0 Å². The first-order valence-electron chi connectivity index (χ1n) is 6.03. The molecule has 0 spiro atoms. The van der Waals surface area contributed by atoms with Crippen LogP contribution in [0.25, 0.3) is 10.9 Å². The molecule has 0 aliphatic carbocycles. The second kappa shape index (κ2) is 5.41. The number of aromatic nitrogens is 1. The molecule has 2 heterocycles. The normalized spacial score (nSPS) is 12.7. The van der Waals surface area contributed by atoms with Crippen LogP contribution in [0, 0.1) is 0 Å². The largest absolute Gasteiger partial charge is 0.309 e. The predicted octanol–water partition coefficient (Wildman–Crippen LogP) is 4.37. The molecule has 3 aromatic rings. The average Bonchev–Trinajstić information content (AvgIpc) is 2.86. The van der Waals surface area contributed by atoms with Crippen molar-refractivity contribution in [2.75, 3.05) is 7.05 Å². The van der Waals surface area contributed by atoms with Crippen molar-refractivity contribution >= 4 is 38.2 Å². The van der Waals surface area contributed by atoms with Gasteiger partial charge < -0.3 is 5.32 Å². The highest BCUT2D eigenvalue weighted by Crippen LogP contribution is 2.33. The number of thiophene rings is 1. The average molecular weight is 333 g/mol. The molecule has 19 heavy (non-hydrogen) atoms. The maximum absolute atomic E-state index is 4.43. The molecule has 0 aliphatic rings. The van der Waals surface area contributed by atoms with Crippen LogP contribution in [0.1, 0.15) is 17.2 Å². The lowest BCUT2D eigenvalue weighted by Crippen LogP contribution is -2.17. The topological polar surface area (TPSA) is 24.9 Å². The zero-order valence-corrected chi connectivity index (χ0v) is 12.8. The van der Waals surface area contributed by atoms with E-state index < -0.39 is 0 Å². The molecule has 1 atom stereocenters. The van der Waals surface area contributed by atoms with E-state index in [0.717, 1.165) is 9.99 Å². The highest BCUT2D eigenvalue weighted by Gasteiger charge is 2.17. The molecule has 0 fully saturated rings. The van der Waals surface area contributed by atoms with Gasteiger partial charge in [-0.25, -0.2) is 0 Å². The number of halogens is 1. The summed E-state index contributed by atoms with van der Waals surface area (Å²) in [5.74, 6) is 0. The highest BCUT2D eigenvalue weighted by atomic mass is 79.9. The van der Waals surface area contributed by atoms with Crippen LogP contribution in [0.2, 0.25) is 0 Å². The van der Waals surface area contributed by atoms with Gasteiger partial charge in [0.15, 0.2) is 0 Å². The summed E-state index contributed by atoms with van der Waals surface area (Å²) in [6, 6.07) is 10.5. The summed E-state index contributed by atoms with van der Waals surface area (Å²) in [5, 5.41) is 8.89. The molecule has 4 heteroatoms. The van der Waals surface area contributed by atoms with Gasteiger partial charge in [-0.15, -0.1) is 0 Å². The third-order valence-electron chi connectivity index (χ3n) is 3.24. The third kappa shape index (κ3) is 2.31. The minimum Gasteiger partial charge on any atom is -0.309 e. The maximum atomic E-state index is 4.43. The molecule has 0 radical (unpaired) electrons. The monoisotopic (exact) mass is 332 g/mol. The summed E-state index contributed by atoms with van der Waals surface area (Å²) < 4.78 is 1.15. The zero-order valence-electron chi connectivity index (χ0n) is 10.4. The Bertz CT molecular complexity index is 703. The number of fused-ring (bicyclic) bond motifs is 1. The van der Waals surface area contributed by atoms with E-state index in [2.05, 4.69) is 55.2 Å². The smallest absolute Gasteiger partial charge is 0.0705 e. The highest BCUT2D eigenvalue weighted by molar-refractivity contribution is 9.10. The lowest BCUT2D eigenvalue weighted by Gasteiger charge is -2.18. The summed E-state index contributed by atoms with van der Waals surface area (Å²) >= 11 is 5.33. The van der Waals surface area contributed by atoms with Crippen LogP contribution >= 0.6 is 27.3 Å². The minimum absolute atomic E-state index is 0.175. The van der Waals surface area contributed by atoms with E-state index in [4.69, 9.17) is 0 Å². The molecular formula is C15H13BrN2S. The van der Waals surface area contributed by atoms with E-state index in [1.54, 1.807) is 11.3 Å². The fourth-order valence-corrected chi connectivity index (χ4v) is 3.90. The molecule has 2 aromatic heterocycles. The Morgan fingerprint density at radius 1 is 1.16 bits per heavy atom. The number of nitrogens with zero attached hydrogens (tertiary/aromatic N) is 1. The van der Waals surface area contributed by atoms with Crippen LogP contribution < -0.4 is 5.32 Å². The van der Waals surface area contributed by atoms with E-state index in [1.165, 1.54) is 16.5 Å². The van der Waals surface area contributed by atoms with E-state index in [1.807, 2.05) is 25.4 Å². The fourth-order valence-electron chi connectivity index (χ4n) is 2.35. The van der Waals surface area contributed by atoms with Crippen LogP contribution in [-0.4, -0.2) is 12.0 Å².